The van der Waals surface area contributed by atoms with E-state index < -0.39 is 0 Å². The van der Waals surface area contributed by atoms with Gasteiger partial charge in [-0.15, -0.1) is 0 Å². The van der Waals surface area contributed by atoms with Crippen molar-refractivity contribution in [1.82, 2.24) is 9.55 Å². The van der Waals surface area contributed by atoms with Crippen molar-refractivity contribution >= 4 is 5.95 Å². The Labute approximate surface area is 91.7 Å². The highest BCUT2D eigenvalue weighted by Gasteiger charge is 2.18. The van der Waals surface area contributed by atoms with Crippen LogP contribution in [0.3, 0.4) is 0 Å². The van der Waals surface area contributed by atoms with E-state index in [0.29, 0.717) is 6.04 Å². The van der Waals surface area contributed by atoms with Crippen LogP contribution in [0.4, 0.5) is 5.95 Å². The summed E-state index contributed by atoms with van der Waals surface area (Å²) in [5, 5.41) is 3.30. The molecule has 0 saturated heterocycles. The van der Waals surface area contributed by atoms with Crippen molar-refractivity contribution in [3.63, 3.8) is 0 Å². The molecule has 0 saturated carbocycles. The molecule has 0 aliphatic rings. The van der Waals surface area contributed by atoms with Crippen molar-refractivity contribution in [3.05, 3.63) is 12.4 Å². The van der Waals surface area contributed by atoms with Gasteiger partial charge in [0.1, 0.15) is 0 Å². The summed E-state index contributed by atoms with van der Waals surface area (Å²) in [6, 6.07) is 0.386. The van der Waals surface area contributed by atoms with Crippen molar-refractivity contribution in [3.8, 4) is 0 Å². The number of ether oxygens (including phenoxy) is 1. The van der Waals surface area contributed by atoms with Gasteiger partial charge in [-0.05, 0) is 27.7 Å². The summed E-state index contributed by atoms with van der Waals surface area (Å²) in [6.07, 6.45) is 3.77. The number of hydrogen-bond donors (Lipinski definition) is 1. The standard InChI is InChI=1S/C11H21N3O/c1-9(2)13-10-12-6-7-14(10)8-11(3,4)15-5/h6-7,9H,8H2,1-5H3,(H,12,13). The second-order valence-corrected chi connectivity index (χ2v) is 4.64. The largest absolute Gasteiger partial charge is 0.377 e. The zero-order valence-corrected chi connectivity index (χ0v) is 10.2. The quantitative estimate of drug-likeness (QED) is 0.811. The lowest BCUT2D eigenvalue weighted by atomic mass is 10.1. The van der Waals surface area contributed by atoms with Crippen molar-refractivity contribution in [1.29, 1.82) is 0 Å². The number of rotatable bonds is 5. The summed E-state index contributed by atoms with van der Waals surface area (Å²) < 4.78 is 7.47. The molecule has 4 heteroatoms. The van der Waals surface area contributed by atoms with Gasteiger partial charge in [-0.1, -0.05) is 0 Å². The Morgan fingerprint density at radius 1 is 1.53 bits per heavy atom. The van der Waals surface area contributed by atoms with E-state index in [2.05, 4.69) is 42.6 Å². The van der Waals surface area contributed by atoms with Gasteiger partial charge < -0.3 is 14.6 Å². The zero-order chi connectivity index (χ0) is 11.5. The van der Waals surface area contributed by atoms with Gasteiger partial charge in [0.15, 0.2) is 0 Å². The molecular formula is C11H21N3O. The van der Waals surface area contributed by atoms with Gasteiger partial charge in [-0.2, -0.15) is 0 Å². The van der Waals surface area contributed by atoms with Crippen LogP contribution >= 0.6 is 0 Å². The molecule has 1 rings (SSSR count). The molecule has 0 atom stereocenters. The Morgan fingerprint density at radius 2 is 2.20 bits per heavy atom. The highest BCUT2D eigenvalue weighted by atomic mass is 16.5. The average Bonchev–Trinajstić information content (AvgIpc) is 2.51. The van der Waals surface area contributed by atoms with Gasteiger partial charge in [0.05, 0.1) is 12.1 Å². The third-order valence-corrected chi connectivity index (χ3v) is 2.24. The second kappa shape index (κ2) is 4.66. The molecule has 15 heavy (non-hydrogen) atoms. The fraction of sp³-hybridized carbons (Fsp3) is 0.727. The average molecular weight is 211 g/mol. The first kappa shape index (κ1) is 12.0. The summed E-state index contributed by atoms with van der Waals surface area (Å²) in [5.74, 6) is 0.898. The fourth-order valence-corrected chi connectivity index (χ4v) is 1.31. The predicted molar refractivity (Wildman–Crippen MR) is 62.1 cm³/mol. The van der Waals surface area contributed by atoms with Gasteiger partial charge in [-0.25, -0.2) is 4.98 Å². The maximum atomic E-state index is 5.39. The van der Waals surface area contributed by atoms with Gasteiger partial charge in [-0.3, -0.25) is 0 Å². The van der Waals surface area contributed by atoms with Crippen LogP contribution in [-0.2, 0) is 11.3 Å². The summed E-state index contributed by atoms with van der Waals surface area (Å²) in [7, 11) is 1.73. The molecule has 0 amide bonds. The molecule has 0 aromatic carbocycles. The molecule has 1 heterocycles. The van der Waals surface area contributed by atoms with Crippen molar-refractivity contribution in [2.75, 3.05) is 12.4 Å². The first-order valence-corrected chi connectivity index (χ1v) is 5.27. The van der Waals surface area contributed by atoms with Crippen LogP contribution in [0.5, 0.6) is 0 Å². The minimum Gasteiger partial charge on any atom is -0.377 e. The van der Waals surface area contributed by atoms with Crippen LogP contribution in [0, 0.1) is 0 Å². The first-order chi connectivity index (χ1) is 6.94. The smallest absolute Gasteiger partial charge is 0.203 e. The highest BCUT2D eigenvalue weighted by Crippen LogP contribution is 2.15. The summed E-state index contributed by atoms with van der Waals surface area (Å²) in [6.45, 7) is 9.11. The lowest BCUT2D eigenvalue weighted by Gasteiger charge is -2.24. The predicted octanol–water partition coefficient (Wildman–Crippen LogP) is 2.13. The van der Waals surface area contributed by atoms with E-state index in [0.717, 1.165) is 12.5 Å². The number of imidazole rings is 1. The van der Waals surface area contributed by atoms with Crippen molar-refractivity contribution < 1.29 is 4.74 Å². The summed E-state index contributed by atoms with van der Waals surface area (Å²) >= 11 is 0. The SMILES string of the molecule is COC(C)(C)Cn1ccnc1NC(C)C. The lowest BCUT2D eigenvalue weighted by molar-refractivity contribution is 0.00856. The normalized spacial score (nSPS) is 12.1. The molecule has 1 N–H and O–H groups in total. The minimum atomic E-state index is -0.173. The van der Waals surface area contributed by atoms with Gasteiger partial charge in [0.25, 0.3) is 0 Å². The van der Waals surface area contributed by atoms with Crippen LogP contribution in [0.25, 0.3) is 0 Å². The Morgan fingerprint density at radius 3 is 2.73 bits per heavy atom. The zero-order valence-electron chi connectivity index (χ0n) is 10.2. The molecule has 0 spiro atoms. The van der Waals surface area contributed by atoms with Crippen molar-refractivity contribution in [2.24, 2.45) is 0 Å². The molecule has 0 unspecified atom stereocenters. The Hall–Kier alpha value is -1.03. The van der Waals surface area contributed by atoms with Crippen LogP contribution in [0.1, 0.15) is 27.7 Å². The van der Waals surface area contributed by atoms with Crippen LogP contribution in [0.2, 0.25) is 0 Å². The molecule has 0 aliphatic heterocycles. The van der Waals surface area contributed by atoms with E-state index in [1.807, 2.05) is 6.20 Å². The molecule has 1 aromatic rings. The molecule has 86 valence electrons. The lowest BCUT2D eigenvalue weighted by Crippen LogP contribution is -2.29. The highest BCUT2D eigenvalue weighted by molar-refractivity contribution is 5.27. The molecule has 0 bridgehead atoms. The van der Waals surface area contributed by atoms with E-state index in [1.165, 1.54) is 0 Å². The van der Waals surface area contributed by atoms with E-state index >= 15 is 0 Å². The number of hydrogen-bond acceptors (Lipinski definition) is 3. The minimum absolute atomic E-state index is 0.173. The monoisotopic (exact) mass is 211 g/mol. The number of anilines is 1. The molecule has 4 nitrogen and oxygen atoms in total. The number of aromatic nitrogens is 2. The molecule has 1 aromatic heterocycles. The van der Waals surface area contributed by atoms with Crippen LogP contribution in [-0.4, -0.2) is 28.3 Å². The Kier molecular flexibility index (Phi) is 3.74. The Bertz CT molecular complexity index is 305. The number of nitrogens with one attached hydrogen (secondary N) is 1. The Balaban J connectivity index is 2.73. The molecule has 0 aliphatic carbocycles. The second-order valence-electron chi connectivity index (χ2n) is 4.64. The maximum absolute atomic E-state index is 5.39. The third kappa shape index (κ3) is 3.55. The van der Waals surface area contributed by atoms with Crippen LogP contribution in [0.15, 0.2) is 12.4 Å². The van der Waals surface area contributed by atoms with E-state index in [1.54, 1.807) is 13.3 Å². The van der Waals surface area contributed by atoms with Gasteiger partial charge >= 0.3 is 0 Å². The van der Waals surface area contributed by atoms with Crippen LogP contribution < -0.4 is 5.32 Å². The molecule has 0 fully saturated rings. The van der Waals surface area contributed by atoms with Gasteiger partial charge in [0.2, 0.25) is 5.95 Å². The van der Waals surface area contributed by atoms with Gasteiger partial charge in [0, 0.05) is 25.5 Å². The van der Waals surface area contributed by atoms with E-state index in [-0.39, 0.29) is 5.60 Å². The summed E-state index contributed by atoms with van der Waals surface area (Å²) in [5.41, 5.74) is -0.173. The van der Waals surface area contributed by atoms with E-state index in [9.17, 15) is 0 Å². The molecule has 0 radical (unpaired) electrons. The number of methoxy groups -OCH3 is 1. The van der Waals surface area contributed by atoms with E-state index in [4.69, 9.17) is 4.74 Å². The topological polar surface area (TPSA) is 39.1 Å². The third-order valence-electron chi connectivity index (χ3n) is 2.24. The number of nitrogens with zero attached hydrogens (tertiary/aromatic N) is 2. The first-order valence-electron chi connectivity index (χ1n) is 5.27. The maximum Gasteiger partial charge on any atom is 0.203 e. The van der Waals surface area contributed by atoms with Crippen molar-refractivity contribution in [2.45, 2.75) is 45.9 Å². The fourth-order valence-electron chi connectivity index (χ4n) is 1.31. The summed E-state index contributed by atoms with van der Waals surface area (Å²) in [4.78, 5) is 4.27. The molecular weight excluding hydrogens is 190 g/mol.